The third-order valence-electron chi connectivity index (χ3n) is 0. The molecular weight excluding hydrogens is 186 g/mol. The first-order valence-electron chi connectivity index (χ1n) is 0. The minimum atomic E-state index is 0. The molecule has 4 heteroatoms. The van der Waals surface area contributed by atoms with Crippen molar-refractivity contribution in [2.45, 2.75) is 0 Å². The van der Waals surface area contributed by atoms with Crippen molar-refractivity contribution in [1.29, 1.82) is 0 Å². The van der Waals surface area contributed by atoms with Gasteiger partial charge in [-0.15, -0.1) is 0 Å². The van der Waals surface area contributed by atoms with Gasteiger partial charge in [0.2, 0.25) is 0 Å². The Morgan fingerprint density at radius 1 is 0.750 bits per heavy atom. The van der Waals surface area contributed by atoms with Gasteiger partial charge in [-0.1, -0.05) is 0 Å². The van der Waals surface area contributed by atoms with Crippen molar-refractivity contribution in [2.75, 3.05) is 0 Å². The fourth-order valence-electron chi connectivity index (χ4n) is 0. The molecule has 0 aromatic rings. The molecule has 0 spiro atoms. The van der Waals surface area contributed by atoms with Gasteiger partial charge in [0.05, 0.1) is 0 Å². The first-order chi connectivity index (χ1) is 0. The molecule has 0 saturated heterocycles. The molecule has 0 aromatic heterocycles. The molecule has 3 nitrogen and oxygen atoms in total. The molecule has 0 radical (unpaired) electrons. The SMILES string of the molecule is N.O.O.[Ce]. The molecular formula is H7CeNO2. The van der Waals surface area contributed by atoms with E-state index in [1.54, 1.807) is 0 Å². The van der Waals surface area contributed by atoms with Gasteiger partial charge in [-0.3, -0.25) is 0 Å². The van der Waals surface area contributed by atoms with Crippen molar-refractivity contribution >= 4 is 0 Å². The van der Waals surface area contributed by atoms with Gasteiger partial charge in [0.25, 0.3) is 0 Å². The summed E-state index contributed by atoms with van der Waals surface area (Å²) >= 11 is 0. The fraction of sp³-hybridized carbons (Fsp3) is 0. The average Bonchev–Trinajstić information content (AvgIpc) is 0. The molecule has 0 atom stereocenters. The first kappa shape index (κ1) is 60.3. The summed E-state index contributed by atoms with van der Waals surface area (Å²) in [6, 6.07) is 0. The zero-order valence-corrected chi connectivity index (χ0v) is 5.35. The van der Waals surface area contributed by atoms with Crippen molar-refractivity contribution < 1.29 is 52.7 Å². The maximum Gasteiger partial charge on any atom is 0 e. The van der Waals surface area contributed by atoms with E-state index in [-0.39, 0.29) is 58.9 Å². The van der Waals surface area contributed by atoms with E-state index in [2.05, 4.69) is 0 Å². The predicted molar refractivity (Wildman–Crippen MR) is 12.2 cm³/mol. The molecule has 0 aliphatic carbocycles. The second-order valence-corrected chi connectivity index (χ2v) is 0. The maximum absolute atomic E-state index is 0. The quantitative estimate of drug-likeness (QED) is 0.498. The van der Waals surface area contributed by atoms with Crippen LogP contribution in [0, 0.1) is 41.7 Å². The van der Waals surface area contributed by atoms with E-state index in [1.165, 1.54) is 0 Å². The summed E-state index contributed by atoms with van der Waals surface area (Å²) in [6.45, 7) is 0. The molecule has 0 saturated carbocycles. The van der Waals surface area contributed by atoms with Crippen molar-refractivity contribution in [3.05, 3.63) is 0 Å². The smallest absolute Gasteiger partial charge is 0 e. The topological polar surface area (TPSA) is 98.0 Å². The Hall–Kier alpha value is 1.26. The van der Waals surface area contributed by atoms with Crippen LogP contribution in [0.15, 0.2) is 0 Å². The van der Waals surface area contributed by atoms with Crippen molar-refractivity contribution in [2.24, 2.45) is 0 Å². The van der Waals surface area contributed by atoms with Crippen molar-refractivity contribution in [3.63, 3.8) is 0 Å². The average molecular weight is 193 g/mol. The van der Waals surface area contributed by atoms with Gasteiger partial charge in [0, 0.05) is 41.7 Å². The molecule has 0 rings (SSSR count). The molecule has 0 unspecified atom stereocenters. The Labute approximate surface area is 58.3 Å². The molecule has 0 bridgehead atoms. The van der Waals surface area contributed by atoms with Gasteiger partial charge in [-0.2, -0.15) is 0 Å². The largest absolute Gasteiger partial charge is 0.412 e. The normalized spacial score (nSPS) is 0. The van der Waals surface area contributed by atoms with E-state index >= 15 is 0 Å². The van der Waals surface area contributed by atoms with Gasteiger partial charge >= 0.3 is 0 Å². The molecule has 0 aromatic carbocycles. The fourth-order valence-corrected chi connectivity index (χ4v) is 0. The van der Waals surface area contributed by atoms with Crippen molar-refractivity contribution in [3.8, 4) is 0 Å². The Morgan fingerprint density at radius 2 is 0.750 bits per heavy atom. The molecule has 0 heterocycles. The first-order valence-corrected chi connectivity index (χ1v) is 0. The summed E-state index contributed by atoms with van der Waals surface area (Å²) < 4.78 is 0. The van der Waals surface area contributed by atoms with E-state index in [4.69, 9.17) is 0 Å². The van der Waals surface area contributed by atoms with Crippen LogP contribution in [0.3, 0.4) is 0 Å². The van der Waals surface area contributed by atoms with Crippen LogP contribution in [0.5, 0.6) is 0 Å². The van der Waals surface area contributed by atoms with Gasteiger partial charge in [-0.05, 0) is 0 Å². The Kier molecular flexibility index (Phi) is 431. The molecule has 28 valence electrons. The van der Waals surface area contributed by atoms with E-state index in [0.717, 1.165) is 0 Å². The van der Waals surface area contributed by atoms with Gasteiger partial charge in [0.15, 0.2) is 0 Å². The number of rotatable bonds is 0. The minimum absolute atomic E-state index is 0. The Balaban J connectivity index is 0. The molecule has 0 fully saturated rings. The monoisotopic (exact) mass is 193 g/mol. The van der Waals surface area contributed by atoms with Crippen molar-refractivity contribution in [1.82, 2.24) is 6.15 Å². The molecule has 0 aliphatic heterocycles. The van der Waals surface area contributed by atoms with Crippen LogP contribution in [0.4, 0.5) is 0 Å². The molecule has 0 amide bonds. The van der Waals surface area contributed by atoms with Crippen LogP contribution < -0.4 is 6.15 Å². The van der Waals surface area contributed by atoms with Gasteiger partial charge in [0.1, 0.15) is 0 Å². The zero-order chi connectivity index (χ0) is 0. The Morgan fingerprint density at radius 3 is 0.750 bits per heavy atom. The van der Waals surface area contributed by atoms with Crippen LogP contribution in [0.1, 0.15) is 0 Å². The molecule has 4 heavy (non-hydrogen) atoms. The minimum Gasteiger partial charge on any atom is -0.412 e. The van der Waals surface area contributed by atoms with E-state index < -0.39 is 0 Å². The Bertz CT molecular complexity index is 6.00. The number of hydrogen-bond donors (Lipinski definition) is 1. The van der Waals surface area contributed by atoms with E-state index in [9.17, 15) is 0 Å². The van der Waals surface area contributed by atoms with E-state index in [1.807, 2.05) is 0 Å². The molecule has 0 aliphatic rings. The summed E-state index contributed by atoms with van der Waals surface area (Å²) in [7, 11) is 0. The summed E-state index contributed by atoms with van der Waals surface area (Å²) in [6.07, 6.45) is 0. The van der Waals surface area contributed by atoms with Crippen LogP contribution in [0.2, 0.25) is 0 Å². The van der Waals surface area contributed by atoms with Crippen LogP contribution in [-0.4, -0.2) is 11.0 Å². The van der Waals surface area contributed by atoms with Gasteiger partial charge in [-0.25, -0.2) is 0 Å². The maximum atomic E-state index is 0. The van der Waals surface area contributed by atoms with Crippen LogP contribution in [-0.2, 0) is 0 Å². The summed E-state index contributed by atoms with van der Waals surface area (Å²) in [5.74, 6) is 0. The summed E-state index contributed by atoms with van der Waals surface area (Å²) in [5, 5.41) is 0. The second kappa shape index (κ2) is 28.6. The standard InChI is InChI=1S/Ce.H3N.2H2O/h;1H3;2*1H2. The van der Waals surface area contributed by atoms with Crippen LogP contribution >= 0.6 is 0 Å². The van der Waals surface area contributed by atoms with Gasteiger partial charge < -0.3 is 17.1 Å². The third kappa shape index (κ3) is 10.5. The van der Waals surface area contributed by atoms with E-state index in [0.29, 0.717) is 0 Å². The number of hydrogen-bond acceptors (Lipinski definition) is 1. The summed E-state index contributed by atoms with van der Waals surface area (Å²) in [4.78, 5) is 0. The predicted octanol–water partition coefficient (Wildman–Crippen LogP) is -1.49. The third-order valence-corrected chi connectivity index (χ3v) is 0. The van der Waals surface area contributed by atoms with Crippen LogP contribution in [0.25, 0.3) is 0 Å². The zero-order valence-electron chi connectivity index (χ0n) is 2.21. The second-order valence-electron chi connectivity index (χ2n) is 0. The molecule has 7 N–H and O–H groups in total. The summed E-state index contributed by atoms with van der Waals surface area (Å²) in [5.41, 5.74) is 0.